The lowest BCUT2D eigenvalue weighted by molar-refractivity contribution is -0.138. The average molecular weight is 282 g/mol. The molecule has 0 radical (unpaired) electrons. The van der Waals surface area contributed by atoms with E-state index in [0.717, 1.165) is 11.3 Å². The molecular weight excluding hydrogens is 268 g/mol. The molecule has 106 valence electrons. The highest BCUT2D eigenvalue weighted by atomic mass is 16.4. The molecule has 0 saturated heterocycles. The van der Waals surface area contributed by atoms with Gasteiger partial charge in [0.15, 0.2) is 0 Å². The Morgan fingerprint density at radius 3 is 2.76 bits per heavy atom. The number of aliphatic carboxylic acids is 1. The molecular formula is C16H14N2O3. The van der Waals surface area contributed by atoms with Gasteiger partial charge in [-0.3, -0.25) is 14.7 Å². The van der Waals surface area contributed by atoms with Gasteiger partial charge in [-0.15, -0.1) is 0 Å². The van der Waals surface area contributed by atoms with Crippen molar-refractivity contribution in [2.24, 2.45) is 0 Å². The standard InChI is InChI=1S/C16H14N2O3/c1-10-8-12(6-7-17-10)15(19)18-13-5-3-2-4-11(13)9-14(18)16(20)21/h2-8,14H,9H2,1H3,(H,20,21). The second kappa shape index (κ2) is 5.01. The van der Waals surface area contributed by atoms with Crippen molar-refractivity contribution in [3.05, 3.63) is 59.4 Å². The van der Waals surface area contributed by atoms with Gasteiger partial charge in [0.1, 0.15) is 6.04 Å². The topological polar surface area (TPSA) is 70.5 Å². The minimum atomic E-state index is -0.995. The second-order valence-corrected chi connectivity index (χ2v) is 5.05. The van der Waals surface area contributed by atoms with Gasteiger partial charge in [0.25, 0.3) is 5.91 Å². The van der Waals surface area contributed by atoms with Crippen molar-refractivity contribution >= 4 is 17.6 Å². The molecule has 5 nitrogen and oxygen atoms in total. The highest BCUT2D eigenvalue weighted by Crippen LogP contribution is 2.33. The molecule has 1 amide bonds. The van der Waals surface area contributed by atoms with Crippen LogP contribution in [0.15, 0.2) is 42.6 Å². The van der Waals surface area contributed by atoms with E-state index in [4.69, 9.17) is 0 Å². The van der Waals surface area contributed by atoms with Gasteiger partial charge in [0, 0.05) is 29.6 Å². The van der Waals surface area contributed by atoms with Crippen LogP contribution in [0, 0.1) is 6.92 Å². The van der Waals surface area contributed by atoms with Gasteiger partial charge < -0.3 is 5.11 Å². The van der Waals surface area contributed by atoms with Crippen LogP contribution >= 0.6 is 0 Å². The van der Waals surface area contributed by atoms with E-state index in [1.807, 2.05) is 12.1 Å². The number of aryl methyl sites for hydroxylation is 1. The molecule has 0 aliphatic carbocycles. The van der Waals surface area contributed by atoms with Gasteiger partial charge in [-0.05, 0) is 30.7 Å². The fourth-order valence-corrected chi connectivity index (χ4v) is 2.65. The summed E-state index contributed by atoms with van der Waals surface area (Å²) in [5.41, 5.74) is 2.72. The zero-order valence-electron chi connectivity index (χ0n) is 11.5. The van der Waals surface area contributed by atoms with Crippen molar-refractivity contribution in [2.75, 3.05) is 4.90 Å². The van der Waals surface area contributed by atoms with Crippen LogP contribution in [0.1, 0.15) is 21.6 Å². The third-order valence-corrected chi connectivity index (χ3v) is 3.62. The van der Waals surface area contributed by atoms with Crippen LogP contribution < -0.4 is 4.90 Å². The van der Waals surface area contributed by atoms with Crippen LogP contribution in [0.25, 0.3) is 0 Å². The van der Waals surface area contributed by atoms with Crippen LogP contribution in [0.4, 0.5) is 5.69 Å². The summed E-state index contributed by atoms with van der Waals surface area (Å²) in [5.74, 6) is -1.30. The zero-order chi connectivity index (χ0) is 15.0. The number of hydrogen-bond donors (Lipinski definition) is 1. The number of carbonyl (C=O) groups is 2. The van der Waals surface area contributed by atoms with Crippen molar-refractivity contribution in [2.45, 2.75) is 19.4 Å². The van der Waals surface area contributed by atoms with Gasteiger partial charge in [-0.2, -0.15) is 0 Å². The van der Waals surface area contributed by atoms with Crippen LogP contribution in [0.5, 0.6) is 0 Å². The van der Waals surface area contributed by atoms with Gasteiger partial charge in [0.05, 0.1) is 0 Å². The monoisotopic (exact) mass is 282 g/mol. The fourth-order valence-electron chi connectivity index (χ4n) is 2.65. The van der Waals surface area contributed by atoms with E-state index in [0.29, 0.717) is 17.7 Å². The van der Waals surface area contributed by atoms with E-state index in [-0.39, 0.29) is 5.91 Å². The molecule has 0 bridgehead atoms. The van der Waals surface area contributed by atoms with Crippen molar-refractivity contribution < 1.29 is 14.7 Å². The van der Waals surface area contributed by atoms with E-state index in [9.17, 15) is 14.7 Å². The first-order valence-electron chi connectivity index (χ1n) is 6.65. The molecule has 3 rings (SSSR count). The highest BCUT2D eigenvalue weighted by molar-refractivity contribution is 6.10. The van der Waals surface area contributed by atoms with Gasteiger partial charge in [-0.25, -0.2) is 4.79 Å². The number of rotatable bonds is 2. The van der Waals surface area contributed by atoms with Crippen LogP contribution in [0.2, 0.25) is 0 Å². The molecule has 2 heterocycles. The Morgan fingerprint density at radius 1 is 1.29 bits per heavy atom. The lowest BCUT2D eigenvalue weighted by atomic mass is 10.1. The lowest BCUT2D eigenvalue weighted by Gasteiger charge is -2.22. The smallest absolute Gasteiger partial charge is 0.327 e. The molecule has 5 heteroatoms. The molecule has 2 aromatic rings. The minimum Gasteiger partial charge on any atom is -0.480 e. The summed E-state index contributed by atoms with van der Waals surface area (Å²) >= 11 is 0. The predicted molar refractivity (Wildman–Crippen MR) is 77.4 cm³/mol. The van der Waals surface area contributed by atoms with Crippen molar-refractivity contribution in [1.82, 2.24) is 4.98 Å². The van der Waals surface area contributed by atoms with Gasteiger partial charge >= 0.3 is 5.97 Å². The minimum absolute atomic E-state index is 0.308. The van der Waals surface area contributed by atoms with E-state index in [2.05, 4.69) is 4.98 Å². The summed E-state index contributed by atoms with van der Waals surface area (Å²) in [6.07, 6.45) is 1.89. The molecule has 0 saturated carbocycles. The number of aromatic nitrogens is 1. The Labute approximate surface area is 121 Å². The highest BCUT2D eigenvalue weighted by Gasteiger charge is 2.38. The Morgan fingerprint density at radius 2 is 2.05 bits per heavy atom. The zero-order valence-corrected chi connectivity index (χ0v) is 11.5. The molecule has 1 unspecified atom stereocenters. The number of amides is 1. The molecule has 1 atom stereocenters. The number of carboxylic acids is 1. The number of para-hydroxylation sites is 1. The van der Waals surface area contributed by atoms with Gasteiger partial charge in [-0.1, -0.05) is 18.2 Å². The number of carbonyl (C=O) groups excluding carboxylic acids is 1. The molecule has 0 spiro atoms. The number of anilines is 1. The number of benzene rings is 1. The number of fused-ring (bicyclic) bond motifs is 1. The SMILES string of the molecule is Cc1cc(C(=O)N2c3ccccc3CC2C(=O)O)ccn1. The maximum atomic E-state index is 12.7. The first-order valence-corrected chi connectivity index (χ1v) is 6.65. The molecule has 0 fully saturated rings. The maximum Gasteiger partial charge on any atom is 0.327 e. The van der Waals surface area contributed by atoms with Crippen LogP contribution in [-0.4, -0.2) is 28.0 Å². The summed E-state index contributed by atoms with van der Waals surface area (Å²) in [7, 11) is 0. The summed E-state index contributed by atoms with van der Waals surface area (Å²) in [4.78, 5) is 29.6. The Balaban J connectivity index is 2.05. The molecule has 21 heavy (non-hydrogen) atoms. The third kappa shape index (κ3) is 2.27. The molecule has 1 aliphatic rings. The average Bonchev–Trinajstić information content (AvgIpc) is 2.86. The largest absolute Gasteiger partial charge is 0.480 e. The maximum absolute atomic E-state index is 12.7. The fraction of sp³-hybridized carbons (Fsp3) is 0.188. The second-order valence-electron chi connectivity index (χ2n) is 5.05. The van der Waals surface area contributed by atoms with Crippen LogP contribution in [-0.2, 0) is 11.2 Å². The Hall–Kier alpha value is -2.69. The summed E-state index contributed by atoms with van der Waals surface area (Å²) in [6, 6.07) is 9.71. The van der Waals surface area contributed by atoms with Crippen molar-refractivity contribution in [3.63, 3.8) is 0 Å². The van der Waals surface area contributed by atoms with E-state index in [1.54, 1.807) is 37.4 Å². The summed E-state index contributed by atoms with van der Waals surface area (Å²) in [5, 5.41) is 9.40. The lowest BCUT2D eigenvalue weighted by Crippen LogP contribution is -2.42. The first-order chi connectivity index (χ1) is 10.1. The number of pyridine rings is 1. The quantitative estimate of drug-likeness (QED) is 0.915. The third-order valence-electron chi connectivity index (χ3n) is 3.62. The number of carboxylic acid groups (broad SMARTS) is 1. The van der Waals surface area contributed by atoms with Crippen molar-refractivity contribution in [3.8, 4) is 0 Å². The van der Waals surface area contributed by atoms with Gasteiger partial charge in [0.2, 0.25) is 0 Å². The molecule has 1 aliphatic heterocycles. The molecule has 1 aromatic carbocycles. The molecule has 1 N–H and O–H groups in total. The number of nitrogens with zero attached hydrogens (tertiary/aromatic N) is 2. The molecule has 1 aromatic heterocycles. The van der Waals surface area contributed by atoms with Crippen molar-refractivity contribution in [1.29, 1.82) is 0 Å². The van der Waals surface area contributed by atoms with E-state index in [1.165, 1.54) is 4.90 Å². The first kappa shape index (κ1) is 13.3. The summed E-state index contributed by atoms with van der Waals surface area (Å²) in [6.45, 7) is 1.80. The Bertz CT molecular complexity index is 727. The van der Waals surface area contributed by atoms with E-state index >= 15 is 0 Å². The predicted octanol–water partition coefficient (Wildman–Crippen LogP) is 2.05. The summed E-state index contributed by atoms with van der Waals surface area (Å²) < 4.78 is 0. The van der Waals surface area contributed by atoms with Crippen LogP contribution in [0.3, 0.4) is 0 Å². The van der Waals surface area contributed by atoms with E-state index < -0.39 is 12.0 Å². The Kier molecular flexibility index (Phi) is 3.17. The normalized spacial score (nSPS) is 16.6. The number of hydrogen-bond acceptors (Lipinski definition) is 3.